The van der Waals surface area contributed by atoms with Crippen molar-refractivity contribution in [2.75, 3.05) is 18.4 Å². The molecule has 0 aromatic heterocycles. The van der Waals surface area contributed by atoms with Crippen LogP contribution in [0, 0.1) is 0 Å². The van der Waals surface area contributed by atoms with Gasteiger partial charge in [-0.25, -0.2) is 4.79 Å². The maximum absolute atomic E-state index is 12.6. The fourth-order valence-corrected chi connectivity index (χ4v) is 3.55. The number of benzene rings is 2. The average molecular weight is 431 g/mol. The van der Waals surface area contributed by atoms with Gasteiger partial charge in [0.15, 0.2) is 0 Å². The van der Waals surface area contributed by atoms with Crippen LogP contribution in [-0.2, 0) is 10.2 Å². The molecule has 1 aliphatic rings. The van der Waals surface area contributed by atoms with Crippen molar-refractivity contribution in [3.8, 4) is 0 Å². The van der Waals surface area contributed by atoms with Crippen molar-refractivity contribution in [3.05, 3.63) is 64.7 Å². The number of hydrogen-bond donors (Lipinski definition) is 2. The number of nitrogens with zero attached hydrogens (tertiary/aromatic N) is 1. The highest BCUT2D eigenvalue weighted by atomic mass is 35.5. The first-order valence-electron chi connectivity index (χ1n) is 9.94. The molecule has 2 aromatic rings. The predicted molar refractivity (Wildman–Crippen MR) is 117 cm³/mol. The molecule has 0 bridgehead atoms. The van der Waals surface area contributed by atoms with Crippen LogP contribution in [0.2, 0.25) is 5.02 Å². The minimum atomic E-state index is -1.62. The van der Waals surface area contributed by atoms with E-state index in [1.54, 1.807) is 41.3 Å². The first-order chi connectivity index (χ1) is 14.1. The molecule has 0 radical (unpaired) electrons. The largest absolute Gasteiger partial charge is 0.417 e. The molecular formula is C23H27ClN2O4. The minimum absolute atomic E-state index is 0.0174. The van der Waals surface area contributed by atoms with E-state index in [-0.39, 0.29) is 37.3 Å². The van der Waals surface area contributed by atoms with Gasteiger partial charge in [0.05, 0.1) is 10.6 Å². The van der Waals surface area contributed by atoms with E-state index in [4.69, 9.17) is 16.3 Å². The van der Waals surface area contributed by atoms with Crippen molar-refractivity contribution in [3.63, 3.8) is 0 Å². The van der Waals surface area contributed by atoms with E-state index in [1.165, 1.54) is 0 Å². The molecule has 7 heteroatoms. The van der Waals surface area contributed by atoms with Gasteiger partial charge in [-0.2, -0.15) is 0 Å². The van der Waals surface area contributed by atoms with Crippen LogP contribution >= 0.6 is 11.6 Å². The molecule has 2 amide bonds. The molecule has 0 spiro atoms. The molecule has 1 fully saturated rings. The number of amides is 2. The van der Waals surface area contributed by atoms with Crippen molar-refractivity contribution in [1.29, 1.82) is 0 Å². The SMILES string of the molecule is CC(C)(C)c1ccc(NC(=O)OC2(O)CCN(C(=O)c3ccccc3Cl)CC2)cc1. The molecule has 1 aliphatic heterocycles. The fourth-order valence-electron chi connectivity index (χ4n) is 3.34. The second kappa shape index (κ2) is 8.66. The number of nitrogens with one attached hydrogen (secondary N) is 1. The van der Waals surface area contributed by atoms with Gasteiger partial charge in [0, 0.05) is 31.6 Å². The summed E-state index contributed by atoms with van der Waals surface area (Å²) in [5.74, 6) is -1.82. The summed E-state index contributed by atoms with van der Waals surface area (Å²) in [6.07, 6.45) is -0.481. The topological polar surface area (TPSA) is 78.9 Å². The first kappa shape index (κ1) is 22.1. The van der Waals surface area contributed by atoms with Gasteiger partial charge >= 0.3 is 6.09 Å². The van der Waals surface area contributed by atoms with E-state index >= 15 is 0 Å². The standard InChI is InChI=1S/C23H27ClN2O4/c1-22(2,3)16-8-10-17(11-9-16)25-21(28)30-23(29)12-14-26(15-13-23)20(27)18-6-4-5-7-19(18)24/h4-11,29H,12-15H2,1-3H3,(H,25,28). The third kappa shape index (κ3) is 5.32. The quantitative estimate of drug-likeness (QED) is 0.685. The lowest BCUT2D eigenvalue weighted by Crippen LogP contribution is -2.49. The summed E-state index contributed by atoms with van der Waals surface area (Å²) in [6, 6.07) is 14.3. The van der Waals surface area contributed by atoms with E-state index < -0.39 is 11.9 Å². The number of likely N-dealkylation sites (tertiary alicyclic amines) is 1. The van der Waals surface area contributed by atoms with E-state index in [0.717, 1.165) is 5.56 Å². The molecule has 2 aromatic carbocycles. The van der Waals surface area contributed by atoms with Gasteiger partial charge in [-0.15, -0.1) is 0 Å². The van der Waals surface area contributed by atoms with Crippen molar-refractivity contribution >= 4 is 29.3 Å². The normalized spacial score (nSPS) is 16.1. The third-order valence-corrected chi connectivity index (χ3v) is 5.55. The molecule has 6 nitrogen and oxygen atoms in total. The summed E-state index contributed by atoms with van der Waals surface area (Å²) >= 11 is 6.10. The molecule has 0 saturated carbocycles. The molecule has 160 valence electrons. The molecule has 1 heterocycles. The lowest BCUT2D eigenvalue weighted by molar-refractivity contribution is -0.182. The second-order valence-electron chi connectivity index (χ2n) is 8.56. The summed E-state index contributed by atoms with van der Waals surface area (Å²) < 4.78 is 5.28. The van der Waals surface area contributed by atoms with Crippen molar-refractivity contribution in [2.24, 2.45) is 0 Å². The Hall–Kier alpha value is -2.57. The monoisotopic (exact) mass is 430 g/mol. The molecule has 30 heavy (non-hydrogen) atoms. The van der Waals surface area contributed by atoms with Crippen LogP contribution < -0.4 is 5.32 Å². The van der Waals surface area contributed by atoms with Crippen LogP contribution in [0.25, 0.3) is 0 Å². The summed E-state index contributed by atoms with van der Waals surface area (Å²) in [6.45, 7) is 6.86. The second-order valence-corrected chi connectivity index (χ2v) is 8.97. The number of carbonyl (C=O) groups excluding carboxylic acids is 2. The molecule has 3 rings (SSSR count). The number of carbonyl (C=O) groups is 2. The highest BCUT2D eigenvalue weighted by molar-refractivity contribution is 6.33. The van der Waals surface area contributed by atoms with Crippen LogP contribution in [0.15, 0.2) is 48.5 Å². The van der Waals surface area contributed by atoms with Crippen molar-refractivity contribution < 1.29 is 19.4 Å². The Bertz CT molecular complexity index is 914. The molecular weight excluding hydrogens is 404 g/mol. The highest BCUT2D eigenvalue weighted by Gasteiger charge is 2.38. The van der Waals surface area contributed by atoms with E-state index in [2.05, 4.69) is 26.1 Å². The van der Waals surface area contributed by atoms with Gasteiger partial charge < -0.3 is 14.7 Å². The first-order valence-corrected chi connectivity index (χ1v) is 10.3. The summed E-state index contributed by atoms with van der Waals surface area (Å²) in [4.78, 5) is 26.5. The average Bonchev–Trinajstić information content (AvgIpc) is 2.68. The zero-order chi connectivity index (χ0) is 21.9. The Morgan fingerprint density at radius 2 is 1.67 bits per heavy atom. The highest BCUT2D eigenvalue weighted by Crippen LogP contribution is 2.27. The number of halogens is 1. The van der Waals surface area contributed by atoms with Crippen LogP contribution in [0.4, 0.5) is 10.5 Å². The smallest absolute Gasteiger partial charge is 0.414 e. The number of piperidine rings is 1. The van der Waals surface area contributed by atoms with Gasteiger partial charge in [0.25, 0.3) is 5.91 Å². The number of rotatable bonds is 3. The van der Waals surface area contributed by atoms with Gasteiger partial charge in [0.1, 0.15) is 0 Å². The Morgan fingerprint density at radius 3 is 2.23 bits per heavy atom. The predicted octanol–water partition coefficient (Wildman–Crippen LogP) is 4.81. The van der Waals surface area contributed by atoms with Crippen LogP contribution in [0.5, 0.6) is 0 Å². The van der Waals surface area contributed by atoms with Crippen molar-refractivity contribution in [1.82, 2.24) is 4.90 Å². The fraction of sp³-hybridized carbons (Fsp3) is 0.391. The van der Waals surface area contributed by atoms with Gasteiger partial charge in [0.2, 0.25) is 5.79 Å². The molecule has 0 aliphatic carbocycles. The number of aliphatic hydroxyl groups is 1. The molecule has 0 unspecified atom stereocenters. The lowest BCUT2D eigenvalue weighted by Gasteiger charge is -2.37. The summed E-state index contributed by atoms with van der Waals surface area (Å²) in [7, 11) is 0. The van der Waals surface area contributed by atoms with Crippen molar-refractivity contribution in [2.45, 2.75) is 44.8 Å². The van der Waals surface area contributed by atoms with E-state index in [9.17, 15) is 14.7 Å². The Labute approximate surface area is 181 Å². The minimum Gasteiger partial charge on any atom is -0.417 e. The zero-order valence-corrected chi connectivity index (χ0v) is 18.2. The Kier molecular flexibility index (Phi) is 6.38. The van der Waals surface area contributed by atoms with Gasteiger partial charge in [-0.3, -0.25) is 10.1 Å². The zero-order valence-electron chi connectivity index (χ0n) is 17.4. The van der Waals surface area contributed by atoms with Gasteiger partial charge in [-0.05, 0) is 35.2 Å². The molecule has 1 saturated heterocycles. The summed E-state index contributed by atoms with van der Waals surface area (Å²) in [5, 5.41) is 13.7. The number of hydrogen-bond acceptors (Lipinski definition) is 4. The van der Waals surface area contributed by atoms with Crippen LogP contribution in [0.3, 0.4) is 0 Å². The number of ether oxygens (including phenoxy) is 1. The van der Waals surface area contributed by atoms with Gasteiger partial charge in [-0.1, -0.05) is 56.6 Å². The third-order valence-electron chi connectivity index (χ3n) is 5.22. The number of anilines is 1. The maximum Gasteiger partial charge on any atom is 0.414 e. The van der Waals surface area contributed by atoms with Crippen LogP contribution in [0.1, 0.15) is 49.5 Å². The lowest BCUT2D eigenvalue weighted by atomic mass is 9.87. The Morgan fingerprint density at radius 1 is 1.07 bits per heavy atom. The Balaban J connectivity index is 1.54. The van der Waals surface area contributed by atoms with E-state index in [0.29, 0.717) is 16.3 Å². The van der Waals surface area contributed by atoms with E-state index in [1.807, 2.05) is 12.1 Å². The molecule has 2 N–H and O–H groups in total. The maximum atomic E-state index is 12.6. The van der Waals surface area contributed by atoms with Crippen LogP contribution in [-0.4, -0.2) is 40.9 Å². The molecule has 0 atom stereocenters. The summed E-state index contributed by atoms with van der Waals surface area (Å²) in [5.41, 5.74) is 2.17.